The van der Waals surface area contributed by atoms with Crippen molar-refractivity contribution in [3.63, 3.8) is 0 Å². The van der Waals surface area contributed by atoms with Gasteiger partial charge in [-0.15, -0.1) is 0 Å². The van der Waals surface area contributed by atoms with Crippen LogP contribution in [0.3, 0.4) is 0 Å². The summed E-state index contributed by atoms with van der Waals surface area (Å²) in [6.45, 7) is 10.9. The fourth-order valence-electron chi connectivity index (χ4n) is 2.86. The van der Waals surface area contributed by atoms with Gasteiger partial charge in [-0.25, -0.2) is 0 Å². The minimum atomic E-state index is 0.728. The molecule has 1 N–H and O–H groups in total. The van der Waals surface area contributed by atoms with Gasteiger partial charge in [0.15, 0.2) is 0 Å². The number of piperidine rings is 1. The van der Waals surface area contributed by atoms with E-state index in [0.29, 0.717) is 0 Å². The maximum absolute atomic E-state index is 3.70. The van der Waals surface area contributed by atoms with E-state index in [1.54, 1.807) is 0 Å². The maximum Gasteiger partial charge on any atom is 0.0220 e. The quantitative estimate of drug-likeness (QED) is 0.799. The van der Waals surface area contributed by atoms with Gasteiger partial charge in [0.1, 0.15) is 0 Å². The molecule has 0 aliphatic carbocycles. The van der Waals surface area contributed by atoms with Crippen LogP contribution in [0.15, 0.2) is 0 Å². The van der Waals surface area contributed by atoms with E-state index in [0.717, 1.165) is 23.3 Å². The van der Waals surface area contributed by atoms with Gasteiger partial charge in [-0.3, -0.25) is 4.90 Å². The monoisotopic (exact) mass is 242 g/mol. The van der Waals surface area contributed by atoms with E-state index >= 15 is 0 Å². The minimum Gasteiger partial charge on any atom is -0.312 e. The first kappa shape index (κ1) is 12.7. The van der Waals surface area contributed by atoms with E-state index in [1.807, 2.05) is 0 Å². The van der Waals surface area contributed by atoms with Crippen LogP contribution in [0.2, 0.25) is 0 Å². The summed E-state index contributed by atoms with van der Waals surface area (Å²) < 4.78 is 0. The molecule has 0 amide bonds. The summed E-state index contributed by atoms with van der Waals surface area (Å²) in [6.07, 6.45) is 2.77. The van der Waals surface area contributed by atoms with Crippen molar-refractivity contribution in [3.05, 3.63) is 0 Å². The number of hydrogen-bond donors (Lipinski definition) is 1. The summed E-state index contributed by atoms with van der Waals surface area (Å²) in [5.74, 6) is 2.16. The lowest BCUT2D eigenvalue weighted by atomic mass is 9.92. The van der Waals surface area contributed by atoms with E-state index < -0.39 is 0 Å². The Kier molecular flexibility index (Phi) is 4.57. The molecule has 94 valence electrons. The molecule has 2 fully saturated rings. The third-order valence-electron chi connectivity index (χ3n) is 4.38. The van der Waals surface area contributed by atoms with Gasteiger partial charge in [0, 0.05) is 36.2 Å². The van der Waals surface area contributed by atoms with Crippen molar-refractivity contribution in [2.24, 2.45) is 5.92 Å². The van der Waals surface area contributed by atoms with E-state index in [9.17, 15) is 0 Å². The maximum atomic E-state index is 3.70. The first-order valence-corrected chi connectivity index (χ1v) is 7.82. The van der Waals surface area contributed by atoms with Gasteiger partial charge in [-0.2, -0.15) is 11.8 Å². The van der Waals surface area contributed by atoms with Crippen molar-refractivity contribution in [3.8, 4) is 0 Å². The molecule has 0 aromatic carbocycles. The van der Waals surface area contributed by atoms with Crippen LogP contribution in [-0.4, -0.2) is 47.6 Å². The molecule has 4 atom stereocenters. The lowest BCUT2D eigenvalue weighted by Crippen LogP contribution is -2.53. The van der Waals surface area contributed by atoms with Gasteiger partial charge in [-0.1, -0.05) is 13.8 Å². The highest BCUT2D eigenvalue weighted by Crippen LogP contribution is 2.26. The van der Waals surface area contributed by atoms with Crippen LogP contribution in [0.4, 0.5) is 0 Å². The van der Waals surface area contributed by atoms with Crippen molar-refractivity contribution in [2.45, 2.75) is 50.9 Å². The summed E-state index contributed by atoms with van der Waals surface area (Å²) in [6, 6.07) is 1.47. The molecular formula is C13H26N2S. The average molecular weight is 242 g/mol. The molecule has 0 spiro atoms. The lowest BCUT2D eigenvalue weighted by Gasteiger charge is -2.41. The number of nitrogens with zero attached hydrogens (tertiary/aromatic N) is 1. The van der Waals surface area contributed by atoms with Crippen molar-refractivity contribution >= 4 is 11.8 Å². The third kappa shape index (κ3) is 2.93. The van der Waals surface area contributed by atoms with Crippen molar-refractivity contribution < 1.29 is 0 Å². The summed E-state index contributed by atoms with van der Waals surface area (Å²) in [7, 11) is 0. The number of hydrogen-bond acceptors (Lipinski definition) is 3. The Morgan fingerprint density at radius 1 is 1.31 bits per heavy atom. The normalized spacial score (nSPS) is 42.2. The molecule has 2 rings (SSSR count). The molecule has 0 saturated carbocycles. The Hall–Kier alpha value is 0.270. The number of thioether (sulfide) groups is 1. The second-order valence-electron chi connectivity index (χ2n) is 5.49. The third-order valence-corrected chi connectivity index (χ3v) is 5.71. The zero-order valence-electron chi connectivity index (χ0n) is 10.9. The topological polar surface area (TPSA) is 15.3 Å². The van der Waals surface area contributed by atoms with Gasteiger partial charge in [0.25, 0.3) is 0 Å². The van der Waals surface area contributed by atoms with Crippen LogP contribution in [-0.2, 0) is 0 Å². The molecule has 4 unspecified atom stereocenters. The fraction of sp³-hybridized carbons (Fsp3) is 1.00. The molecule has 0 aromatic rings. The smallest absolute Gasteiger partial charge is 0.0220 e. The largest absolute Gasteiger partial charge is 0.312 e. The highest BCUT2D eigenvalue weighted by Gasteiger charge is 2.29. The second kappa shape index (κ2) is 5.74. The standard InChI is InChI=1S/C13H26N2S/c1-10-5-4-6-14-13(10)9-15-7-8-16-12(3)11(15)2/h10-14H,4-9H2,1-3H3. The lowest BCUT2D eigenvalue weighted by molar-refractivity contribution is 0.156. The molecule has 2 nitrogen and oxygen atoms in total. The van der Waals surface area contributed by atoms with E-state index in [4.69, 9.17) is 0 Å². The van der Waals surface area contributed by atoms with Crippen LogP contribution >= 0.6 is 11.8 Å². The van der Waals surface area contributed by atoms with E-state index in [-0.39, 0.29) is 0 Å². The van der Waals surface area contributed by atoms with Gasteiger partial charge < -0.3 is 5.32 Å². The van der Waals surface area contributed by atoms with Crippen LogP contribution in [0.1, 0.15) is 33.6 Å². The van der Waals surface area contributed by atoms with Crippen LogP contribution in [0.5, 0.6) is 0 Å². The number of rotatable bonds is 2. The molecule has 2 saturated heterocycles. The van der Waals surface area contributed by atoms with Crippen LogP contribution in [0, 0.1) is 5.92 Å². The van der Waals surface area contributed by atoms with Gasteiger partial charge >= 0.3 is 0 Å². The predicted octanol–water partition coefficient (Wildman–Crippen LogP) is 2.20. The van der Waals surface area contributed by atoms with Crippen LogP contribution in [0.25, 0.3) is 0 Å². The average Bonchev–Trinajstić information content (AvgIpc) is 2.28. The summed E-state index contributed by atoms with van der Waals surface area (Å²) in [4.78, 5) is 2.70. The van der Waals surface area contributed by atoms with Crippen molar-refractivity contribution in [1.29, 1.82) is 0 Å². The zero-order chi connectivity index (χ0) is 11.5. The fourth-order valence-corrected chi connectivity index (χ4v) is 4.03. The summed E-state index contributed by atoms with van der Waals surface area (Å²) in [5.41, 5.74) is 0. The Balaban J connectivity index is 1.87. The molecule has 0 bridgehead atoms. The highest BCUT2D eigenvalue weighted by molar-refractivity contribution is 8.00. The predicted molar refractivity (Wildman–Crippen MR) is 73.1 cm³/mol. The first-order valence-electron chi connectivity index (χ1n) is 6.77. The minimum absolute atomic E-state index is 0.728. The molecule has 2 heterocycles. The Morgan fingerprint density at radius 3 is 2.88 bits per heavy atom. The number of nitrogens with one attached hydrogen (secondary N) is 1. The summed E-state index contributed by atoms with van der Waals surface area (Å²) in [5, 5.41) is 4.50. The SMILES string of the molecule is CC1CCCNC1CN1CCSC(C)C1C. The van der Waals surface area contributed by atoms with Gasteiger partial charge in [0.2, 0.25) is 0 Å². The Bertz CT molecular complexity index is 222. The molecule has 16 heavy (non-hydrogen) atoms. The van der Waals surface area contributed by atoms with Crippen molar-refractivity contribution in [1.82, 2.24) is 10.2 Å². The molecule has 0 aromatic heterocycles. The van der Waals surface area contributed by atoms with E-state index in [2.05, 4.69) is 42.7 Å². The Morgan fingerprint density at radius 2 is 2.12 bits per heavy atom. The second-order valence-corrected chi connectivity index (χ2v) is 6.98. The van der Waals surface area contributed by atoms with E-state index in [1.165, 1.54) is 38.2 Å². The highest BCUT2D eigenvalue weighted by atomic mass is 32.2. The molecule has 3 heteroatoms. The van der Waals surface area contributed by atoms with Crippen molar-refractivity contribution in [2.75, 3.05) is 25.4 Å². The molecule has 2 aliphatic heterocycles. The molecular weight excluding hydrogens is 216 g/mol. The van der Waals surface area contributed by atoms with Gasteiger partial charge in [0.05, 0.1) is 0 Å². The first-order chi connectivity index (χ1) is 7.68. The summed E-state index contributed by atoms with van der Waals surface area (Å²) >= 11 is 2.13. The zero-order valence-corrected chi connectivity index (χ0v) is 11.7. The molecule has 2 aliphatic rings. The van der Waals surface area contributed by atoms with Crippen LogP contribution < -0.4 is 5.32 Å². The van der Waals surface area contributed by atoms with Gasteiger partial charge in [-0.05, 0) is 32.2 Å². The Labute approximate surface area is 105 Å². The molecule has 0 radical (unpaired) electrons.